The Morgan fingerprint density at radius 2 is 1.71 bits per heavy atom. The topological polar surface area (TPSA) is 78.5 Å². The highest BCUT2D eigenvalue weighted by atomic mass is 16.2. The van der Waals surface area contributed by atoms with Crippen LogP contribution in [0.1, 0.15) is 31.1 Å². The highest BCUT2D eigenvalue weighted by Crippen LogP contribution is 2.10. The summed E-state index contributed by atoms with van der Waals surface area (Å²) >= 11 is 0. The molecule has 114 valence electrons. The minimum Gasteiger partial charge on any atom is -0.355 e. The standard InChI is InChI=1S/C15H21N3O3/c1-4-16-14(20)10-18(5-2)15(21)17-13-8-6-12(7-9-13)11(3)19/h6-9H,4-5,10H2,1-3H3,(H,16,20)(H,17,21). The molecule has 0 spiro atoms. The van der Waals surface area contributed by atoms with Crippen LogP contribution in [-0.2, 0) is 4.79 Å². The minimum atomic E-state index is -0.348. The van der Waals surface area contributed by atoms with Crippen molar-refractivity contribution >= 4 is 23.4 Å². The van der Waals surface area contributed by atoms with Crippen molar-refractivity contribution in [1.29, 1.82) is 0 Å². The van der Waals surface area contributed by atoms with Gasteiger partial charge < -0.3 is 15.5 Å². The smallest absolute Gasteiger partial charge is 0.322 e. The molecule has 0 atom stereocenters. The summed E-state index contributed by atoms with van der Waals surface area (Å²) in [6.07, 6.45) is 0. The Bertz CT molecular complexity index is 511. The molecular weight excluding hydrogens is 270 g/mol. The van der Waals surface area contributed by atoms with Gasteiger partial charge in [0.05, 0.1) is 0 Å². The van der Waals surface area contributed by atoms with E-state index in [9.17, 15) is 14.4 Å². The van der Waals surface area contributed by atoms with E-state index in [0.29, 0.717) is 24.3 Å². The molecule has 6 nitrogen and oxygen atoms in total. The number of anilines is 1. The number of hydrogen-bond acceptors (Lipinski definition) is 3. The number of likely N-dealkylation sites (N-methyl/N-ethyl adjacent to an activating group) is 2. The maximum Gasteiger partial charge on any atom is 0.322 e. The van der Waals surface area contributed by atoms with Crippen molar-refractivity contribution in [2.24, 2.45) is 0 Å². The molecule has 0 radical (unpaired) electrons. The van der Waals surface area contributed by atoms with Gasteiger partial charge in [0.2, 0.25) is 5.91 Å². The van der Waals surface area contributed by atoms with Crippen molar-refractivity contribution < 1.29 is 14.4 Å². The Labute approximate surface area is 124 Å². The molecule has 0 aliphatic carbocycles. The van der Waals surface area contributed by atoms with Crippen LogP contribution in [0.4, 0.5) is 10.5 Å². The fraction of sp³-hybridized carbons (Fsp3) is 0.400. The summed E-state index contributed by atoms with van der Waals surface area (Å²) in [6.45, 7) is 6.09. The number of rotatable bonds is 6. The molecule has 1 aromatic carbocycles. The first-order valence-corrected chi connectivity index (χ1v) is 6.91. The summed E-state index contributed by atoms with van der Waals surface area (Å²) in [5, 5.41) is 5.35. The number of nitrogens with one attached hydrogen (secondary N) is 2. The number of amides is 3. The second-order valence-electron chi connectivity index (χ2n) is 4.53. The van der Waals surface area contributed by atoms with E-state index in [0.717, 1.165) is 0 Å². The predicted octanol–water partition coefficient (Wildman–Crippen LogP) is 1.88. The van der Waals surface area contributed by atoms with Crippen LogP contribution in [0.3, 0.4) is 0 Å². The van der Waals surface area contributed by atoms with Crippen LogP contribution in [-0.4, -0.2) is 42.3 Å². The summed E-state index contributed by atoms with van der Waals surface area (Å²) in [4.78, 5) is 36.2. The number of carbonyl (C=O) groups excluding carboxylic acids is 3. The normalized spacial score (nSPS) is 9.86. The van der Waals surface area contributed by atoms with Gasteiger partial charge in [-0.05, 0) is 45.0 Å². The summed E-state index contributed by atoms with van der Waals surface area (Å²) < 4.78 is 0. The largest absolute Gasteiger partial charge is 0.355 e. The maximum absolute atomic E-state index is 12.1. The van der Waals surface area contributed by atoms with E-state index in [1.165, 1.54) is 11.8 Å². The lowest BCUT2D eigenvalue weighted by atomic mass is 10.1. The van der Waals surface area contributed by atoms with Crippen LogP contribution in [0, 0.1) is 0 Å². The van der Waals surface area contributed by atoms with Gasteiger partial charge in [0.15, 0.2) is 5.78 Å². The van der Waals surface area contributed by atoms with Gasteiger partial charge in [0.25, 0.3) is 0 Å². The molecule has 0 saturated carbocycles. The van der Waals surface area contributed by atoms with E-state index in [2.05, 4.69) is 10.6 Å². The van der Waals surface area contributed by atoms with Gasteiger partial charge in [-0.3, -0.25) is 9.59 Å². The molecule has 0 unspecified atom stereocenters. The lowest BCUT2D eigenvalue weighted by Gasteiger charge is -2.20. The van der Waals surface area contributed by atoms with Crippen molar-refractivity contribution in [2.75, 3.05) is 25.0 Å². The van der Waals surface area contributed by atoms with Gasteiger partial charge >= 0.3 is 6.03 Å². The second-order valence-corrected chi connectivity index (χ2v) is 4.53. The zero-order valence-electron chi connectivity index (χ0n) is 12.6. The molecule has 1 aromatic rings. The summed E-state index contributed by atoms with van der Waals surface area (Å²) in [5.74, 6) is -0.222. The Hall–Kier alpha value is -2.37. The zero-order chi connectivity index (χ0) is 15.8. The van der Waals surface area contributed by atoms with Crippen LogP contribution in [0.25, 0.3) is 0 Å². The molecule has 0 fully saturated rings. The molecule has 3 amide bonds. The summed E-state index contributed by atoms with van der Waals surface area (Å²) in [7, 11) is 0. The number of Topliss-reactive ketones (excluding diaryl/α,β-unsaturated/α-hetero) is 1. The number of ketones is 1. The average Bonchev–Trinajstić information content (AvgIpc) is 2.45. The number of benzene rings is 1. The number of carbonyl (C=O) groups is 3. The number of nitrogens with zero attached hydrogens (tertiary/aromatic N) is 1. The molecule has 2 N–H and O–H groups in total. The van der Waals surface area contributed by atoms with Gasteiger partial charge in [0, 0.05) is 24.3 Å². The van der Waals surface area contributed by atoms with Crippen molar-refractivity contribution in [1.82, 2.24) is 10.2 Å². The molecule has 0 heterocycles. The third kappa shape index (κ3) is 5.25. The first kappa shape index (κ1) is 16.7. The Balaban J connectivity index is 2.65. The van der Waals surface area contributed by atoms with Crippen LogP contribution < -0.4 is 10.6 Å². The molecule has 0 aliphatic rings. The van der Waals surface area contributed by atoms with Crippen molar-refractivity contribution in [3.8, 4) is 0 Å². The first-order valence-electron chi connectivity index (χ1n) is 6.91. The maximum atomic E-state index is 12.1. The van der Waals surface area contributed by atoms with Crippen LogP contribution >= 0.6 is 0 Å². The van der Waals surface area contributed by atoms with Gasteiger partial charge in [-0.1, -0.05) is 0 Å². The highest BCUT2D eigenvalue weighted by molar-refractivity contribution is 5.96. The van der Waals surface area contributed by atoms with E-state index in [-0.39, 0.29) is 24.3 Å². The summed E-state index contributed by atoms with van der Waals surface area (Å²) in [5.41, 5.74) is 1.17. The molecule has 0 aliphatic heterocycles. The van der Waals surface area contributed by atoms with E-state index in [1.807, 2.05) is 6.92 Å². The van der Waals surface area contributed by atoms with Gasteiger partial charge in [-0.15, -0.1) is 0 Å². The van der Waals surface area contributed by atoms with Crippen molar-refractivity contribution in [3.05, 3.63) is 29.8 Å². The Morgan fingerprint density at radius 1 is 1.10 bits per heavy atom. The fourth-order valence-corrected chi connectivity index (χ4v) is 1.74. The zero-order valence-corrected chi connectivity index (χ0v) is 12.6. The molecule has 0 aromatic heterocycles. The number of urea groups is 1. The first-order chi connectivity index (χ1) is 9.97. The number of hydrogen-bond donors (Lipinski definition) is 2. The quantitative estimate of drug-likeness (QED) is 0.785. The van der Waals surface area contributed by atoms with E-state index >= 15 is 0 Å². The average molecular weight is 291 g/mol. The highest BCUT2D eigenvalue weighted by Gasteiger charge is 2.15. The SMILES string of the molecule is CCNC(=O)CN(CC)C(=O)Nc1ccc(C(C)=O)cc1. The van der Waals surface area contributed by atoms with Crippen LogP contribution in [0.5, 0.6) is 0 Å². The predicted molar refractivity (Wildman–Crippen MR) is 81.4 cm³/mol. The molecule has 21 heavy (non-hydrogen) atoms. The van der Waals surface area contributed by atoms with Crippen LogP contribution in [0.15, 0.2) is 24.3 Å². The van der Waals surface area contributed by atoms with Crippen molar-refractivity contribution in [3.63, 3.8) is 0 Å². The summed E-state index contributed by atoms with van der Waals surface area (Å²) in [6, 6.07) is 6.28. The van der Waals surface area contributed by atoms with Gasteiger partial charge in [0.1, 0.15) is 6.54 Å². The molecule has 6 heteroatoms. The van der Waals surface area contributed by atoms with Crippen molar-refractivity contribution in [2.45, 2.75) is 20.8 Å². The van der Waals surface area contributed by atoms with Gasteiger partial charge in [-0.25, -0.2) is 4.79 Å². The second kappa shape index (κ2) is 8.04. The van der Waals surface area contributed by atoms with Crippen LogP contribution in [0.2, 0.25) is 0 Å². The third-order valence-electron chi connectivity index (χ3n) is 2.92. The lowest BCUT2D eigenvalue weighted by molar-refractivity contribution is -0.121. The third-order valence-corrected chi connectivity index (χ3v) is 2.92. The fourth-order valence-electron chi connectivity index (χ4n) is 1.74. The van der Waals surface area contributed by atoms with E-state index in [4.69, 9.17) is 0 Å². The Morgan fingerprint density at radius 3 is 2.19 bits per heavy atom. The lowest BCUT2D eigenvalue weighted by Crippen LogP contribution is -2.42. The molecule has 1 rings (SSSR count). The van der Waals surface area contributed by atoms with Gasteiger partial charge in [-0.2, -0.15) is 0 Å². The van der Waals surface area contributed by atoms with E-state index in [1.54, 1.807) is 31.2 Å². The minimum absolute atomic E-state index is 0.0156. The van der Waals surface area contributed by atoms with E-state index < -0.39 is 0 Å². The Kier molecular flexibility index (Phi) is 6.39. The molecule has 0 bridgehead atoms. The molecule has 0 saturated heterocycles. The molecular formula is C15H21N3O3. The monoisotopic (exact) mass is 291 g/mol.